The molecule has 9 heteroatoms. The number of nitrogens with one attached hydrogen (secondary N) is 1. The van der Waals surface area contributed by atoms with E-state index in [1.54, 1.807) is 37.3 Å². The summed E-state index contributed by atoms with van der Waals surface area (Å²) in [7, 11) is 0. The number of amides is 3. The number of nitrogens with zero attached hydrogens (tertiary/aromatic N) is 1. The minimum Gasteiger partial charge on any atom is -0.485 e. The molecule has 244 valence electrons. The molecule has 5 aromatic carbocycles. The molecule has 1 aliphatic heterocycles. The highest BCUT2D eigenvalue weighted by molar-refractivity contribution is 6.22. The number of ether oxygens (including phenoxy) is 3. The smallest absolute Gasteiger partial charge is 0.329 e. The summed E-state index contributed by atoms with van der Waals surface area (Å²) < 4.78 is 25.3. The van der Waals surface area contributed by atoms with Crippen LogP contribution >= 0.6 is 0 Å². The highest BCUT2D eigenvalue weighted by Crippen LogP contribution is 2.40. The van der Waals surface area contributed by atoms with E-state index < -0.39 is 17.4 Å². The van der Waals surface area contributed by atoms with Crippen LogP contribution in [0.4, 0.5) is 10.5 Å². The van der Waals surface area contributed by atoms with Crippen molar-refractivity contribution in [2.45, 2.75) is 26.7 Å². The van der Waals surface area contributed by atoms with Crippen molar-refractivity contribution in [3.05, 3.63) is 154 Å². The fourth-order valence-electron chi connectivity index (χ4n) is 5.64. The summed E-state index contributed by atoms with van der Waals surface area (Å²) in [5.74, 6) is 0.560. The molecule has 6 aromatic rings. The van der Waals surface area contributed by atoms with E-state index in [9.17, 15) is 14.4 Å². The third kappa shape index (κ3) is 6.73. The average molecular weight is 653 g/mol. The number of anilines is 1. The van der Waals surface area contributed by atoms with Crippen LogP contribution in [-0.4, -0.2) is 18.5 Å². The predicted octanol–water partition coefficient (Wildman–Crippen LogP) is 7.56. The number of aryl methyl sites for hydroxylation is 1. The summed E-state index contributed by atoms with van der Waals surface area (Å²) in [5, 5.41) is 2.72. The SMILES string of the molecule is Cc1cc(N2C(=O)CNC2=O)c2oc(-c3ccc(OCc4ccccc4)c(OCc4ccccc4)c3)c(OCc3ccccc3)c(=O)c2c1. The first kappa shape index (κ1) is 31.3. The van der Waals surface area contributed by atoms with Gasteiger partial charge < -0.3 is 23.9 Å². The second-order valence-electron chi connectivity index (χ2n) is 11.6. The van der Waals surface area contributed by atoms with E-state index in [0.717, 1.165) is 21.6 Å². The summed E-state index contributed by atoms with van der Waals surface area (Å²) in [6.07, 6.45) is 0. The molecule has 3 amide bonds. The molecule has 1 saturated heterocycles. The van der Waals surface area contributed by atoms with Crippen molar-refractivity contribution < 1.29 is 28.2 Å². The third-order valence-electron chi connectivity index (χ3n) is 8.07. The van der Waals surface area contributed by atoms with Crippen molar-refractivity contribution in [1.29, 1.82) is 0 Å². The van der Waals surface area contributed by atoms with E-state index in [1.165, 1.54) is 0 Å². The Morgan fingerprint density at radius 1 is 0.673 bits per heavy atom. The number of imide groups is 1. The Morgan fingerprint density at radius 2 is 1.24 bits per heavy atom. The molecule has 2 heterocycles. The van der Waals surface area contributed by atoms with E-state index in [0.29, 0.717) is 29.2 Å². The zero-order chi connectivity index (χ0) is 33.7. The normalized spacial score (nSPS) is 12.6. The van der Waals surface area contributed by atoms with Gasteiger partial charge in [-0.1, -0.05) is 91.0 Å². The number of rotatable bonds is 11. The molecule has 0 saturated carbocycles. The van der Waals surface area contributed by atoms with Gasteiger partial charge in [0, 0.05) is 5.56 Å². The van der Waals surface area contributed by atoms with Gasteiger partial charge in [-0.05, 0) is 59.5 Å². The van der Waals surface area contributed by atoms with E-state index in [2.05, 4.69) is 5.32 Å². The van der Waals surface area contributed by atoms with E-state index >= 15 is 0 Å². The number of hydrogen-bond donors (Lipinski definition) is 1. The molecule has 0 aliphatic carbocycles. The van der Waals surface area contributed by atoms with E-state index in [1.807, 2.05) is 91.0 Å². The van der Waals surface area contributed by atoms with Gasteiger partial charge in [0.25, 0.3) is 5.91 Å². The molecule has 1 N–H and O–H groups in total. The van der Waals surface area contributed by atoms with Gasteiger partial charge in [-0.15, -0.1) is 0 Å². The maximum atomic E-state index is 14.3. The van der Waals surface area contributed by atoms with Gasteiger partial charge in [-0.2, -0.15) is 0 Å². The highest BCUT2D eigenvalue weighted by Gasteiger charge is 2.33. The standard InChI is InChI=1S/C40H32N2O7/c1-26-19-31-36(44)39(48-25-29-15-9-4-10-16-29)37(49-38(31)32(20-26)42-35(43)22-41-40(42)45)30-17-18-33(46-23-27-11-5-2-6-12-27)34(21-30)47-24-28-13-7-3-8-14-28/h2-21H,22-25H2,1H3,(H,41,45). The van der Waals surface area contributed by atoms with Crippen molar-refractivity contribution in [1.82, 2.24) is 5.32 Å². The molecular formula is C40H32N2O7. The molecule has 9 nitrogen and oxygen atoms in total. The van der Waals surface area contributed by atoms with Crippen LogP contribution in [0, 0.1) is 6.92 Å². The van der Waals surface area contributed by atoms with Crippen molar-refractivity contribution in [3.63, 3.8) is 0 Å². The molecule has 1 fully saturated rings. The monoisotopic (exact) mass is 652 g/mol. The van der Waals surface area contributed by atoms with Crippen molar-refractivity contribution >= 4 is 28.6 Å². The van der Waals surface area contributed by atoms with Gasteiger partial charge in [0.2, 0.25) is 11.2 Å². The highest BCUT2D eigenvalue weighted by atomic mass is 16.5. The van der Waals surface area contributed by atoms with Gasteiger partial charge in [0.1, 0.15) is 19.8 Å². The van der Waals surface area contributed by atoms with Crippen molar-refractivity contribution in [2.75, 3.05) is 11.4 Å². The maximum Gasteiger partial charge on any atom is 0.329 e. The Morgan fingerprint density at radius 3 is 1.82 bits per heavy atom. The summed E-state index contributed by atoms with van der Waals surface area (Å²) in [6.45, 7) is 2.30. The Kier molecular flexibility index (Phi) is 8.80. The first-order valence-electron chi connectivity index (χ1n) is 15.8. The molecule has 0 bridgehead atoms. The Labute approximate surface area is 282 Å². The van der Waals surface area contributed by atoms with Gasteiger partial charge in [0.05, 0.1) is 17.6 Å². The van der Waals surface area contributed by atoms with E-state index in [4.69, 9.17) is 18.6 Å². The summed E-state index contributed by atoms with van der Waals surface area (Å²) >= 11 is 0. The zero-order valence-electron chi connectivity index (χ0n) is 26.7. The Bertz CT molecular complexity index is 2180. The molecule has 1 aliphatic rings. The number of fused-ring (bicyclic) bond motifs is 1. The Hall–Kier alpha value is -6.35. The lowest BCUT2D eigenvalue weighted by Gasteiger charge is -2.18. The predicted molar refractivity (Wildman–Crippen MR) is 186 cm³/mol. The summed E-state index contributed by atoms with van der Waals surface area (Å²) in [4.78, 5) is 40.9. The van der Waals surface area contributed by atoms with Crippen LogP contribution < -0.4 is 29.9 Å². The number of carbonyl (C=O) groups is 2. The summed E-state index contributed by atoms with van der Waals surface area (Å²) in [5.41, 5.74) is 3.75. The van der Waals surface area contributed by atoms with Crippen LogP contribution in [-0.2, 0) is 24.6 Å². The molecule has 0 atom stereocenters. The molecule has 7 rings (SSSR count). The Balaban J connectivity index is 1.36. The molecule has 0 unspecified atom stereocenters. The molecule has 1 aromatic heterocycles. The van der Waals surface area contributed by atoms with Crippen LogP contribution in [0.1, 0.15) is 22.3 Å². The lowest BCUT2D eigenvalue weighted by molar-refractivity contribution is -0.115. The van der Waals surface area contributed by atoms with E-state index in [-0.39, 0.29) is 47.9 Å². The number of carbonyl (C=O) groups excluding carboxylic acids is 2. The van der Waals surface area contributed by atoms with Gasteiger partial charge in [0.15, 0.2) is 22.8 Å². The van der Waals surface area contributed by atoms with Crippen molar-refractivity contribution in [2.24, 2.45) is 0 Å². The van der Waals surface area contributed by atoms with Crippen LogP contribution in [0.25, 0.3) is 22.3 Å². The molecule has 0 radical (unpaired) electrons. The van der Waals surface area contributed by atoms with Gasteiger partial charge in [-0.25, -0.2) is 9.69 Å². The third-order valence-corrected chi connectivity index (χ3v) is 8.07. The largest absolute Gasteiger partial charge is 0.485 e. The van der Waals surface area contributed by atoms with Crippen LogP contribution in [0.5, 0.6) is 17.2 Å². The zero-order valence-corrected chi connectivity index (χ0v) is 26.7. The number of hydrogen-bond acceptors (Lipinski definition) is 7. The lowest BCUT2D eigenvalue weighted by Crippen LogP contribution is -2.31. The fraction of sp³-hybridized carbons (Fsp3) is 0.125. The van der Waals surface area contributed by atoms with Gasteiger partial charge >= 0.3 is 6.03 Å². The second kappa shape index (κ2) is 13.8. The summed E-state index contributed by atoms with van der Waals surface area (Å²) in [6, 6.07) is 37.0. The lowest BCUT2D eigenvalue weighted by atomic mass is 10.1. The maximum absolute atomic E-state index is 14.3. The quantitative estimate of drug-likeness (QED) is 0.144. The first-order valence-corrected chi connectivity index (χ1v) is 15.8. The van der Waals surface area contributed by atoms with Crippen LogP contribution in [0.15, 0.2) is 131 Å². The van der Waals surface area contributed by atoms with Crippen LogP contribution in [0.3, 0.4) is 0 Å². The van der Waals surface area contributed by atoms with Gasteiger partial charge in [-0.3, -0.25) is 9.59 Å². The molecule has 0 spiro atoms. The fourth-order valence-corrected chi connectivity index (χ4v) is 5.64. The average Bonchev–Trinajstić information content (AvgIpc) is 3.47. The van der Waals surface area contributed by atoms with Crippen molar-refractivity contribution in [3.8, 4) is 28.6 Å². The number of benzene rings is 5. The minimum atomic E-state index is -0.595. The first-order chi connectivity index (χ1) is 23.9. The minimum absolute atomic E-state index is 0.0166. The molecule has 49 heavy (non-hydrogen) atoms. The number of urea groups is 1. The second-order valence-corrected chi connectivity index (χ2v) is 11.6. The molecular weight excluding hydrogens is 620 g/mol. The topological polar surface area (TPSA) is 107 Å². The van der Waals surface area contributed by atoms with Crippen LogP contribution in [0.2, 0.25) is 0 Å².